The number of hydrogen-bond donors (Lipinski definition) is 2. The first-order valence-corrected chi connectivity index (χ1v) is 11.0. The van der Waals surface area contributed by atoms with Crippen LogP contribution in [0.1, 0.15) is 11.1 Å². The van der Waals surface area contributed by atoms with Gasteiger partial charge >= 0.3 is 0 Å². The third-order valence-corrected chi connectivity index (χ3v) is 5.74. The minimum Gasteiger partial charge on any atom is -0.493 e. The second-order valence-corrected chi connectivity index (χ2v) is 8.55. The van der Waals surface area contributed by atoms with Crippen molar-refractivity contribution in [1.29, 1.82) is 0 Å². The summed E-state index contributed by atoms with van der Waals surface area (Å²) in [4.78, 5) is 12.3. The molecule has 0 unspecified atom stereocenters. The fourth-order valence-corrected chi connectivity index (χ4v) is 3.79. The number of rotatable bonds is 8. The van der Waals surface area contributed by atoms with Crippen LogP contribution >= 0.6 is 46.4 Å². The zero-order valence-corrected chi connectivity index (χ0v) is 20.3. The number of nitrogens with one attached hydrogen (secondary N) is 2. The monoisotopic (exact) mass is 512 g/mol. The van der Waals surface area contributed by atoms with Crippen LogP contribution in [-0.4, -0.2) is 19.6 Å². The maximum Gasteiger partial charge on any atom is 0.262 e. The van der Waals surface area contributed by atoms with E-state index in [1.165, 1.54) is 7.11 Å². The number of hydrogen-bond acceptors (Lipinski definition) is 4. The summed E-state index contributed by atoms with van der Waals surface area (Å²) in [6.07, 6.45) is 0. The van der Waals surface area contributed by atoms with E-state index >= 15 is 0 Å². The van der Waals surface area contributed by atoms with Crippen molar-refractivity contribution in [2.75, 3.05) is 24.4 Å². The van der Waals surface area contributed by atoms with E-state index in [0.717, 1.165) is 16.8 Å². The predicted octanol–water partition coefficient (Wildman–Crippen LogP) is 7.25. The Balaban J connectivity index is 1.65. The van der Waals surface area contributed by atoms with Gasteiger partial charge in [-0.2, -0.15) is 0 Å². The molecule has 0 aliphatic carbocycles. The lowest BCUT2D eigenvalue weighted by Crippen LogP contribution is -2.20. The van der Waals surface area contributed by atoms with Crippen LogP contribution in [0.25, 0.3) is 0 Å². The maximum atomic E-state index is 12.3. The molecule has 0 aromatic heterocycles. The largest absolute Gasteiger partial charge is 0.493 e. The first-order chi connectivity index (χ1) is 15.3. The molecule has 32 heavy (non-hydrogen) atoms. The van der Waals surface area contributed by atoms with Crippen molar-refractivity contribution in [3.05, 3.63) is 79.7 Å². The third kappa shape index (κ3) is 6.36. The molecule has 5 nitrogen and oxygen atoms in total. The number of anilines is 2. The Bertz CT molecular complexity index is 1140. The second-order valence-electron chi connectivity index (χ2n) is 6.89. The van der Waals surface area contributed by atoms with Crippen molar-refractivity contribution in [2.45, 2.75) is 13.5 Å². The molecule has 0 atom stereocenters. The summed E-state index contributed by atoms with van der Waals surface area (Å²) in [5, 5.41) is 7.90. The zero-order valence-electron chi connectivity index (χ0n) is 17.3. The molecular weight excluding hydrogens is 494 g/mol. The number of carbonyl (C=O) groups is 1. The lowest BCUT2D eigenvalue weighted by molar-refractivity contribution is -0.118. The Morgan fingerprint density at radius 1 is 0.938 bits per heavy atom. The summed E-state index contributed by atoms with van der Waals surface area (Å²) in [5.41, 5.74) is 3.07. The van der Waals surface area contributed by atoms with Gasteiger partial charge in [-0.3, -0.25) is 4.79 Å². The van der Waals surface area contributed by atoms with Gasteiger partial charge in [0.15, 0.2) is 18.1 Å². The second kappa shape index (κ2) is 11.0. The van der Waals surface area contributed by atoms with Crippen LogP contribution in [-0.2, 0) is 11.3 Å². The molecule has 2 N–H and O–H groups in total. The summed E-state index contributed by atoms with van der Waals surface area (Å²) >= 11 is 24.6. The Labute approximate surface area is 206 Å². The van der Waals surface area contributed by atoms with Crippen LogP contribution in [0, 0.1) is 6.92 Å². The molecule has 0 radical (unpaired) electrons. The molecule has 0 aliphatic rings. The van der Waals surface area contributed by atoms with Crippen molar-refractivity contribution >= 4 is 63.7 Å². The topological polar surface area (TPSA) is 59.6 Å². The number of amides is 1. The van der Waals surface area contributed by atoms with Gasteiger partial charge in [0.2, 0.25) is 0 Å². The SMILES string of the molecule is COc1cc(CNc2ccc(Cl)cc2Cl)cc(Cl)c1OCC(=O)Nc1ccc(C)c(Cl)c1. The average Bonchev–Trinajstić information content (AvgIpc) is 2.74. The van der Waals surface area contributed by atoms with Gasteiger partial charge in [0, 0.05) is 22.3 Å². The summed E-state index contributed by atoms with van der Waals surface area (Å²) in [6.45, 7) is 2.07. The molecule has 0 aliphatic heterocycles. The minimum absolute atomic E-state index is 0.250. The highest BCUT2D eigenvalue weighted by atomic mass is 35.5. The van der Waals surface area contributed by atoms with Gasteiger partial charge < -0.3 is 20.1 Å². The van der Waals surface area contributed by atoms with Crippen molar-refractivity contribution in [3.8, 4) is 11.5 Å². The number of aryl methyl sites for hydroxylation is 1. The molecule has 9 heteroatoms. The van der Waals surface area contributed by atoms with E-state index in [1.54, 1.807) is 42.5 Å². The molecule has 0 bridgehead atoms. The Morgan fingerprint density at radius 3 is 2.41 bits per heavy atom. The fraction of sp³-hybridized carbons (Fsp3) is 0.174. The Kier molecular flexibility index (Phi) is 8.38. The van der Waals surface area contributed by atoms with Gasteiger partial charge in [-0.25, -0.2) is 0 Å². The van der Waals surface area contributed by atoms with Gasteiger partial charge in [0.05, 0.1) is 22.8 Å². The van der Waals surface area contributed by atoms with Crippen LogP contribution in [0.15, 0.2) is 48.5 Å². The van der Waals surface area contributed by atoms with E-state index in [0.29, 0.717) is 38.1 Å². The van der Waals surface area contributed by atoms with Crippen LogP contribution in [0.4, 0.5) is 11.4 Å². The smallest absolute Gasteiger partial charge is 0.262 e. The number of carbonyl (C=O) groups excluding carboxylic acids is 1. The zero-order chi connectivity index (χ0) is 23.3. The third-order valence-electron chi connectivity index (χ3n) is 4.51. The van der Waals surface area contributed by atoms with E-state index in [2.05, 4.69) is 10.6 Å². The molecule has 168 valence electrons. The van der Waals surface area contributed by atoms with Crippen molar-refractivity contribution in [1.82, 2.24) is 0 Å². The Hall–Kier alpha value is -2.31. The van der Waals surface area contributed by atoms with Crippen molar-refractivity contribution in [2.24, 2.45) is 0 Å². The number of methoxy groups -OCH3 is 1. The summed E-state index contributed by atoms with van der Waals surface area (Å²) in [7, 11) is 1.50. The average molecular weight is 514 g/mol. The number of benzene rings is 3. The van der Waals surface area contributed by atoms with Crippen LogP contribution in [0.5, 0.6) is 11.5 Å². The van der Waals surface area contributed by atoms with Crippen LogP contribution in [0.2, 0.25) is 20.1 Å². The molecule has 0 saturated carbocycles. The molecule has 3 rings (SSSR count). The first kappa shape index (κ1) is 24.3. The molecule has 0 spiro atoms. The standard InChI is InChI=1S/C23H20Cl4N2O3/c1-13-3-5-16(10-17(13)25)29-22(30)12-32-23-19(27)7-14(8-21(23)31-2)11-28-20-6-4-15(24)9-18(20)26/h3-10,28H,11-12H2,1-2H3,(H,29,30). The van der Waals surface area contributed by atoms with E-state index in [-0.39, 0.29) is 18.3 Å². The molecule has 3 aromatic rings. The Morgan fingerprint density at radius 2 is 1.72 bits per heavy atom. The van der Waals surface area contributed by atoms with Crippen LogP contribution in [0.3, 0.4) is 0 Å². The molecule has 0 heterocycles. The summed E-state index contributed by atoms with van der Waals surface area (Å²) in [5.74, 6) is 0.327. The summed E-state index contributed by atoms with van der Waals surface area (Å²) in [6, 6.07) is 14.0. The molecular formula is C23H20Cl4N2O3. The number of halogens is 4. The van der Waals surface area contributed by atoms with E-state index < -0.39 is 0 Å². The van der Waals surface area contributed by atoms with Crippen LogP contribution < -0.4 is 20.1 Å². The predicted molar refractivity (Wildman–Crippen MR) is 132 cm³/mol. The highest BCUT2D eigenvalue weighted by Crippen LogP contribution is 2.37. The molecule has 0 saturated heterocycles. The van der Waals surface area contributed by atoms with Gasteiger partial charge in [-0.1, -0.05) is 52.5 Å². The quantitative estimate of drug-likeness (QED) is 0.333. The summed E-state index contributed by atoms with van der Waals surface area (Å²) < 4.78 is 11.0. The van der Waals surface area contributed by atoms with E-state index in [9.17, 15) is 4.79 Å². The molecule has 3 aromatic carbocycles. The maximum absolute atomic E-state index is 12.3. The van der Waals surface area contributed by atoms with Gasteiger partial charge in [-0.15, -0.1) is 0 Å². The van der Waals surface area contributed by atoms with E-state index in [1.807, 2.05) is 13.0 Å². The lowest BCUT2D eigenvalue weighted by Gasteiger charge is -2.15. The highest BCUT2D eigenvalue weighted by molar-refractivity contribution is 6.36. The van der Waals surface area contributed by atoms with Crippen molar-refractivity contribution in [3.63, 3.8) is 0 Å². The normalized spacial score (nSPS) is 10.6. The highest BCUT2D eigenvalue weighted by Gasteiger charge is 2.15. The first-order valence-electron chi connectivity index (χ1n) is 9.51. The minimum atomic E-state index is -0.355. The fourth-order valence-electron chi connectivity index (χ4n) is 2.85. The van der Waals surface area contributed by atoms with Crippen molar-refractivity contribution < 1.29 is 14.3 Å². The lowest BCUT2D eigenvalue weighted by atomic mass is 10.2. The number of ether oxygens (including phenoxy) is 2. The molecule has 1 amide bonds. The van der Waals surface area contributed by atoms with Gasteiger partial charge in [0.25, 0.3) is 5.91 Å². The molecule has 0 fully saturated rings. The van der Waals surface area contributed by atoms with Gasteiger partial charge in [-0.05, 0) is 60.5 Å². The van der Waals surface area contributed by atoms with E-state index in [4.69, 9.17) is 55.9 Å². The van der Waals surface area contributed by atoms with Gasteiger partial charge in [0.1, 0.15) is 0 Å².